The minimum Gasteiger partial charge on any atom is -0.497 e. The Morgan fingerprint density at radius 3 is 2.41 bits per heavy atom. The molecule has 0 radical (unpaired) electrons. The molecule has 3 aromatic rings. The number of rotatable bonds is 12. The summed E-state index contributed by atoms with van der Waals surface area (Å²) in [6.45, 7) is 0.468. The Balaban J connectivity index is 1.35. The molecule has 1 saturated carbocycles. The Hall–Kier alpha value is -4.67. The molecule has 11 heteroatoms. The van der Waals surface area contributed by atoms with Gasteiger partial charge >= 0.3 is 0 Å². The van der Waals surface area contributed by atoms with Crippen molar-refractivity contribution in [2.24, 2.45) is 5.92 Å². The second-order valence-corrected chi connectivity index (χ2v) is 11.6. The molecule has 1 saturated heterocycles. The lowest BCUT2D eigenvalue weighted by Gasteiger charge is -2.26. The molecule has 2 aromatic carbocycles. The van der Waals surface area contributed by atoms with Gasteiger partial charge in [0, 0.05) is 35.8 Å². The maximum Gasteiger partial charge on any atom is 0.289 e. The Morgan fingerprint density at radius 2 is 1.70 bits per heavy atom. The molecule has 5 N–H and O–H groups in total. The summed E-state index contributed by atoms with van der Waals surface area (Å²) >= 11 is 0. The summed E-state index contributed by atoms with van der Waals surface area (Å²) in [4.78, 5) is 69.2. The maximum absolute atomic E-state index is 13.8. The molecule has 232 valence electrons. The minimum absolute atomic E-state index is 0.00958. The fourth-order valence-electron chi connectivity index (χ4n) is 5.98. The van der Waals surface area contributed by atoms with Crippen molar-refractivity contribution in [2.45, 2.75) is 69.5 Å². The van der Waals surface area contributed by atoms with Gasteiger partial charge in [-0.15, -0.1) is 0 Å². The molecule has 5 rings (SSSR count). The number of aromatic amines is 1. The summed E-state index contributed by atoms with van der Waals surface area (Å²) in [5, 5.41) is 11.9. The van der Waals surface area contributed by atoms with Gasteiger partial charge < -0.3 is 31.0 Å². The fraction of sp³-hybridized carbons (Fsp3) is 0.424. The van der Waals surface area contributed by atoms with Gasteiger partial charge in [-0.2, -0.15) is 0 Å². The van der Waals surface area contributed by atoms with E-state index in [1.54, 1.807) is 31.4 Å². The number of ketones is 1. The van der Waals surface area contributed by atoms with Crippen molar-refractivity contribution in [3.8, 4) is 5.75 Å². The summed E-state index contributed by atoms with van der Waals surface area (Å²) in [6, 6.07) is 13.8. The number of methoxy groups -OCH3 is 1. The number of ether oxygens (including phenoxy) is 1. The standard InChI is InChI=1S/C33H39N5O6/c1-44-24-12-13-25-22(17-24)19-28(36-25)32(42)38-27(16-20-8-4-2-5-9-20)31(41)37-26(18-21-14-15-34-30(21)40)29(39)33(43)35-23-10-6-3-7-11-23/h2,4-5,8-9,12-13,17,19,21,23,26-27,36H,3,6-7,10-11,14-16,18H2,1H3,(H,34,40)(H,35,43)(H,37,41)(H,38,42)/t21-,26-,27-/m0/s1. The number of hydrogen-bond acceptors (Lipinski definition) is 6. The van der Waals surface area contributed by atoms with E-state index in [0.717, 1.165) is 48.6 Å². The van der Waals surface area contributed by atoms with Crippen LogP contribution in [0.5, 0.6) is 5.75 Å². The van der Waals surface area contributed by atoms with E-state index >= 15 is 0 Å². The fourth-order valence-corrected chi connectivity index (χ4v) is 5.98. The number of hydrogen-bond donors (Lipinski definition) is 5. The number of amides is 4. The predicted octanol–water partition coefficient (Wildman–Crippen LogP) is 2.55. The van der Waals surface area contributed by atoms with Crippen molar-refractivity contribution in [3.05, 3.63) is 65.9 Å². The van der Waals surface area contributed by atoms with Crippen molar-refractivity contribution in [3.63, 3.8) is 0 Å². The maximum atomic E-state index is 13.8. The summed E-state index contributed by atoms with van der Waals surface area (Å²) < 4.78 is 5.28. The van der Waals surface area contributed by atoms with Gasteiger partial charge in [0.05, 0.1) is 13.2 Å². The average Bonchev–Trinajstić information content (AvgIpc) is 3.66. The number of carbonyl (C=O) groups excluding carboxylic acids is 5. The lowest BCUT2D eigenvalue weighted by molar-refractivity contribution is -0.141. The van der Waals surface area contributed by atoms with E-state index in [1.807, 2.05) is 30.3 Å². The molecule has 2 fully saturated rings. The van der Waals surface area contributed by atoms with Crippen LogP contribution < -0.4 is 26.0 Å². The number of fused-ring (bicyclic) bond motifs is 1. The highest BCUT2D eigenvalue weighted by Gasteiger charge is 2.36. The molecule has 2 heterocycles. The number of carbonyl (C=O) groups is 5. The Kier molecular flexibility index (Phi) is 9.93. The number of aromatic nitrogens is 1. The molecule has 1 aromatic heterocycles. The van der Waals surface area contributed by atoms with Gasteiger partial charge in [-0.25, -0.2) is 0 Å². The summed E-state index contributed by atoms with van der Waals surface area (Å²) in [5.74, 6) is -2.78. The molecule has 44 heavy (non-hydrogen) atoms. The molecular weight excluding hydrogens is 562 g/mol. The second kappa shape index (κ2) is 14.2. The number of benzene rings is 2. The number of Topliss-reactive ketones (excluding diaryl/α,β-unsaturated/α-hetero) is 1. The van der Waals surface area contributed by atoms with Crippen LogP contribution in [0.3, 0.4) is 0 Å². The van der Waals surface area contributed by atoms with E-state index in [9.17, 15) is 24.0 Å². The van der Waals surface area contributed by atoms with E-state index < -0.39 is 41.5 Å². The Morgan fingerprint density at radius 1 is 0.932 bits per heavy atom. The van der Waals surface area contributed by atoms with Gasteiger partial charge in [0.1, 0.15) is 17.5 Å². The summed E-state index contributed by atoms with van der Waals surface area (Å²) in [7, 11) is 1.56. The first kappa shape index (κ1) is 30.8. The van der Waals surface area contributed by atoms with E-state index in [-0.39, 0.29) is 30.5 Å². The van der Waals surface area contributed by atoms with Crippen molar-refractivity contribution < 1.29 is 28.7 Å². The molecule has 11 nitrogen and oxygen atoms in total. The molecule has 0 bridgehead atoms. The van der Waals surface area contributed by atoms with Crippen molar-refractivity contribution in [2.75, 3.05) is 13.7 Å². The van der Waals surface area contributed by atoms with Crippen LogP contribution in [0.4, 0.5) is 0 Å². The zero-order chi connectivity index (χ0) is 31.1. The van der Waals surface area contributed by atoms with E-state index in [2.05, 4.69) is 26.3 Å². The molecule has 1 aliphatic carbocycles. The van der Waals surface area contributed by atoms with Crippen molar-refractivity contribution >= 4 is 40.3 Å². The highest BCUT2D eigenvalue weighted by Crippen LogP contribution is 2.22. The van der Waals surface area contributed by atoms with Crippen molar-refractivity contribution in [1.82, 2.24) is 26.3 Å². The van der Waals surface area contributed by atoms with Gasteiger partial charge in [-0.05, 0) is 55.5 Å². The zero-order valence-electron chi connectivity index (χ0n) is 24.8. The monoisotopic (exact) mass is 601 g/mol. The van der Waals surface area contributed by atoms with Gasteiger partial charge in [0.15, 0.2) is 0 Å². The highest BCUT2D eigenvalue weighted by molar-refractivity contribution is 6.38. The van der Waals surface area contributed by atoms with Crippen LogP contribution in [-0.2, 0) is 25.6 Å². The van der Waals surface area contributed by atoms with Gasteiger partial charge in [-0.3, -0.25) is 24.0 Å². The van der Waals surface area contributed by atoms with Crippen LogP contribution in [0.25, 0.3) is 10.9 Å². The molecular formula is C33H39N5O6. The number of H-pyrrole nitrogens is 1. The summed E-state index contributed by atoms with van der Waals surface area (Å²) in [6.07, 6.45) is 5.28. The van der Waals surface area contributed by atoms with E-state index in [0.29, 0.717) is 18.7 Å². The quantitative estimate of drug-likeness (QED) is 0.201. The number of nitrogens with one attached hydrogen (secondary N) is 5. The summed E-state index contributed by atoms with van der Waals surface area (Å²) in [5.41, 5.74) is 1.77. The van der Waals surface area contributed by atoms with Crippen LogP contribution >= 0.6 is 0 Å². The van der Waals surface area contributed by atoms with E-state index in [1.165, 1.54) is 0 Å². The van der Waals surface area contributed by atoms with Gasteiger partial charge in [-0.1, -0.05) is 49.6 Å². The molecule has 3 atom stereocenters. The molecule has 1 aliphatic heterocycles. The zero-order valence-corrected chi connectivity index (χ0v) is 24.8. The van der Waals surface area contributed by atoms with Crippen molar-refractivity contribution in [1.29, 1.82) is 0 Å². The normalized spacial score (nSPS) is 18.2. The second-order valence-electron chi connectivity index (χ2n) is 11.6. The van der Waals surface area contributed by atoms with Gasteiger partial charge in [0.2, 0.25) is 17.6 Å². The smallest absolute Gasteiger partial charge is 0.289 e. The third-order valence-electron chi connectivity index (χ3n) is 8.46. The molecule has 4 amide bonds. The Bertz CT molecular complexity index is 1510. The average molecular weight is 602 g/mol. The van der Waals surface area contributed by atoms with Crippen LogP contribution in [-0.4, -0.2) is 66.2 Å². The largest absolute Gasteiger partial charge is 0.497 e. The SMILES string of the molecule is COc1ccc2[nH]c(C(=O)N[C@@H](Cc3ccccc3)C(=O)N[C@@H](C[C@@H]3CCNC3=O)C(=O)C(=O)NC3CCCCC3)cc2c1. The third kappa shape index (κ3) is 7.64. The first-order valence-electron chi connectivity index (χ1n) is 15.2. The van der Waals surface area contributed by atoms with Crippen LogP contribution in [0, 0.1) is 5.92 Å². The van der Waals surface area contributed by atoms with Gasteiger partial charge in [0.25, 0.3) is 11.8 Å². The topological polar surface area (TPSA) is 158 Å². The third-order valence-corrected chi connectivity index (χ3v) is 8.46. The predicted molar refractivity (Wildman–Crippen MR) is 164 cm³/mol. The lowest BCUT2D eigenvalue weighted by atomic mass is 9.93. The van der Waals surface area contributed by atoms with E-state index in [4.69, 9.17) is 4.74 Å². The molecule has 2 aliphatic rings. The highest BCUT2D eigenvalue weighted by atomic mass is 16.5. The first-order chi connectivity index (χ1) is 21.3. The van der Waals surface area contributed by atoms with Crippen LogP contribution in [0.1, 0.15) is 61.0 Å². The minimum atomic E-state index is -1.23. The first-order valence-corrected chi connectivity index (χ1v) is 15.2. The Labute approximate surface area is 255 Å². The van der Waals surface area contributed by atoms with Crippen LogP contribution in [0.2, 0.25) is 0 Å². The lowest BCUT2D eigenvalue weighted by Crippen LogP contribution is -2.55. The van der Waals surface area contributed by atoms with Crippen LogP contribution in [0.15, 0.2) is 54.6 Å². The molecule has 0 spiro atoms. The molecule has 0 unspecified atom stereocenters.